The zero-order chi connectivity index (χ0) is 36.6. The number of rotatable bonds is 11. The Morgan fingerprint density at radius 3 is 2.71 bits per heavy atom. The topological polar surface area (TPSA) is 122 Å². The number of aliphatic hydroxyl groups is 1. The number of aliphatic hydroxyl groups excluding tert-OH is 1. The molecule has 0 saturated carbocycles. The van der Waals surface area contributed by atoms with Gasteiger partial charge in [0, 0.05) is 47.0 Å². The van der Waals surface area contributed by atoms with Crippen LogP contribution in [0.25, 0.3) is 0 Å². The van der Waals surface area contributed by atoms with Crippen molar-refractivity contribution in [3.05, 3.63) is 106 Å². The summed E-state index contributed by atoms with van der Waals surface area (Å²) >= 11 is 6.58. The minimum absolute atomic E-state index is 0.0182. The number of piperidine rings is 1. The fourth-order valence-corrected chi connectivity index (χ4v) is 11.3. The Hall–Kier alpha value is -3.94. The molecule has 3 N–H and O–H groups in total. The van der Waals surface area contributed by atoms with E-state index in [9.17, 15) is 14.7 Å². The van der Waals surface area contributed by atoms with E-state index in [4.69, 9.17) is 16.3 Å². The number of hydrogen-bond acceptors (Lipinski definition) is 7. The van der Waals surface area contributed by atoms with Gasteiger partial charge in [-0.05, 0) is 80.4 Å². The number of aryl methyl sites for hydroxylation is 1. The molecule has 0 bridgehead atoms. The zero-order valence-electron chi connectivity index (χ0n) is 29.8. The maximum atomic E-state index is 16.4. The summed E-state index contributed by atoms with van der Waals surface area (Å²) in [5, 5.41) is 25.7. The van der Waals surface area contributed by atoms with Gasteiger partial charge in [-0.2, -0.15) is 0 Å². The first kappa shape index (κ1) is 36.4. The molecule has 4 aromatic rings. The van der Waals surface area contributed by atoms with Gasteiger partial charge in [-0.3, -0.25) is 14.3 Å². The average molecular weight is 745 g/mol. The molecule has 13 heteroatoms. The first-order chi connectivity index (χ1) is 25.0. The summed E-state index contributed by atoms with van der Waals surface area (Å²) in [7, 11) is -3.39. The number of halogens is 2. The van der Waals surface area contributed by atoms with Crippen molar-refractivity contribution in [1.29, 1.82) is 0 Å². The van der Waals surface area contributed by atoms with E-state index in [0.29, 0.717) is 47.2 Å². The summed E-state index contributed by atoms with van der Waals surface area (Å²) in [6, 6.07) is 22.6. The average Bonchev–Trinajstić information content (AvgIpc) is 3.79. The number of benzene rings is 3. The Balaban J connectivity index is 1.14. The van der Waals surface area contributed by atoms with Crippen molar-refractivity contribution in [3.8, 4) is 0 Å². The molecule has 3 aliphatic heterocycles. The minimum atomic E-state index is -3.39. The number of aromatic nitrogens is 3. The molecule has 2 fully saturated rings. The van der Waals surface area contributed by atoms with Gasteiger partial charge in [0.15, 0.2) is 5.60 Å². The van der Waals surface area contributed by atoms with Gasteiger partial charge in [-0.1, -0.05) is 66.2 Å². The second kappa shape index (κ2) is 14.8. The number of fused-ring (bicyclic) bond motifs is 2. The Morgan fingerprint density at radius 1 is 1.17 bits per heavy atom. The van der Waals surface area contributed by atoms with E-state index in [-0.39, 0.29) is 36.8 Å². The van der Waals surface area contributed by atoms with Crippen LogP contribution in [0, 0.1) is 11.8 Å². The quantitative estimate of drug-likeness (QED) is 0.120. The predicted molar refractivity (Wildman–Crippen MR) is 201 cm³/mol. The van der Waals surface area contributed by atoms with E-state index in [0.717, 1.165) is 30.5 Å². The number of nitrogens with one attached hydrogen (secondary N) is 2. The van der Waals surface area contributed by atoms with Gasteiger partial charge < -0.3 is 29.5 Å². The first-order valence-electron chi connectivity index (χ1n) is 18.1. The van der Waals surface area contributed by atoms with Crippen LogP contribution in [0.5, 0.6) is 0 Å². The third kappa shape index (κ3) is 6.94. The lowest BCUT2D eigenvalue weighted by atomic mass is 9.82. The maximum Gasteiger partial charge on any atom is 0.264 e. The molecule has 0 radical (unpaired) electrons. The molecule has 2 amide bonds. The number of nitrogens with zero attached hydrogens (tertiary/aromatic N) is 4. The molecule has 274 valence electrons. The lowest BCUT2D eigenvalue weighted by Crippen LogP contribution is -2.45. The second-order valence-electron chi connectivity index (χ2n) is 14.9. The normalized spacial score (nSPS) is 25.0. The van der Waals surface area contributed by atoms with Crippen LogP contribution in [-0.4, -0.2) is 66.1 Å². The summed E-state index contributed by atoms with van der Waals surface area (Å²) in [6.07, 6.45) is 3.47. The van der Waals surface area contributed by atoms with Crippen molar-refractivity contribution in [2.45, 2.75) is 75.5 Å². The van der Waals surface area contributed by atoms with E-state index in [2.05, 4.69) is 20.9 Å². The molecule has 2 unspecified atom stereocenters. The molecule has 6 atom stereocenters. The fourth-order valence-electron chi connectivity index (χ4n) is 8.59. The fraction of sp³-hybridized carbons (Fsp3) is 0.436. The molecule has 3 aromatic carbocycles. The molecule has 2 saturated heterocycles. The SMILES string of the molecule is C[C@H]1[C@H]([Si](C)(C)F)[C@@H](CCn2cc(C(CO)c3ccccc3)nn2)O[C@]12C(=O)N(Cc1cccc(NC(=O)C3CCCNC3)c1)c1ccc(Cl)cc12. The smallest absolute Gasteiger partial charge is 0.264 e. The highest BCUT2D eigenvalue weighted by atomic mass is 35.5. The lowest BCUT2D eigenvalue weighted by molar-refractivity contribution is -0.146. The van der Waals surface area contributed by atoms with Crippen LogP contribution in [0.3, 0.4) is 0 Å². The van der Waals surface area contributed by atoms with E-state index in [1.54, 1.807) is 34.8 Å². The third-order valence-corrected chi connectivity index (χ3v) is 13.8. The zero-order valence-corrected chi connectivity index (χ0v) is 31.5. The van der Waals surface area contributed by atoms with Crippen molar-refractivity contribution in [2.75, 3.05) is 29.9 Å². The Labute approximate surface area is 309 Å². The summed E-state index contributed by atoms with van der Waals surface area (Å²) in [6.45, 7) is 7.40. The number of hydrogen-bond donors (Lipinski definition) is 3. The molecular formula is C39H46ClFN6O4Si. The third-order valence-electron chi connectivity index (χ3n) is 11.1. The number of ether oxygens (including phenoxy) is 1. The molecule has 7 rings (SSSR count). The minimum Gasteiger partial charge on any atom is -0.395 e. The molecule has 0 aliphatic carbocycles. The van der Waals surface area contributed by atoms with Crippen molar-refractivity contribution >= 4 is 43.2 Å². The number of carbonyl (C=O) groups is 2. The van der Waals surface area contributed by atoms with E-state index in [1.165, 1.54) is 0 Å². The van der Waals surface area contributed by atoms with Gasteiger partial charge in [0.1, 0.15) is 0 Å². The van der Waals surface area contributed by atoms with Crippen LogP contribution in [0.2, 0.25) is 23.7 Å². The standard InChI is InChI=1S/C39H46ClFN6O4Si/c1-25-36(52(2,3)41)35(16-18-46-23-33(44-45-46)31(24-48)27-10-5-4-6-11-27)51-39(25)32-20-29(40)14-15-34(32)47(38(39)50)22-26-9-7-13-30(19-26)43-37(49)28-12-8-17-42-21-28/h4-7,9-11,13-15,19-20,23,25,28,31,35-36,42,48H,8,12,16-18,21-22,24H2,1-3H3,(H,43,49)/t25-,28?,31?,35+,36-,39+/m0/s1. The molecular weight excluding hydrogens is 699 g/mol. The van der Waals surface area contributed by atoms with Crippen LogP contribution in [0.15, 0.2) is 79.0 Å². The lowest BCUT2D eigenvalue weighted by Gasteiger charge is -2.31. The van der Waals surface area contributed by atoms with Crippen LogP contribution < -0.4 is 15.5 Å². The van der Waals surface area contributed by atoms with E-state index < -0.39 is 31.6 Å². The highest BCUT2D eigenvalue weighted by molar-refractivity contribution is 6.72. The number of amides is 2. The van der Waals surface area contributed by atoms with Crippen molar-refractivity contribution in [2.24, 2.45) is 11.8 Å². The van der Waals surface area contributed by atoms with Crippen LogP contribution in [-0.2, 0) is 33.0 Å². The van der Waals surface area contributed by atoms with Gasteiger partial charge >= 0.3 is 0 Å². The summed E-state index contributed by atoms with van der Waals surface area (Å²) in [5.41, 5.74) is 2.50. The molecule has 52 heavy (non-hydrogen) atoms. The Kier molecular flexibility index (Phi) is 10.4. The highest BCUT2D eigenvalue weighted by Gasteiger charge is 2.66. The summed E-state index contributed by atoms with van der Waals surface area (Å²) in [5.74, 6) is -1.15. The predicted octanol–water partition coefficient (Wildman–Crippen LogP) is 6.41. The molecule has 3 aliphatic rings. The Morgan fingerprint density at radius 2 is 1.98 bits per heavy atom. The Bertz CT molecular complexity index is 1920. The number of carbonyl (C=O) groups excluding carboxylic acids is 2. The van der Waals surface area contributed by atoms with Gasteiger partial charge in [0.2, 0.25) is 14.3 Å². The van der Waals surface area contributed by atoms with E-state index in [1.807, 2.05) is 73.8 Å². The largest absolute Gasteiger partial charge is 0.395 e. The molecule has 1 aromatic heterocycles. The van der Waals surface area contributed by atoms with Gasteiger partial charge in [0.25, 0.3) is 5.91 Å². The van der Waals surface area contributed by atoms with Crippen LogP contribution in [0.4, 0.5) is 15.5 Å². The van der Waals surface area contributed by atoms with Crippen LogP contribution in [0.1, 0.15) is 54.5 Å². The number of anilines is 2. The summed E-state index contributed by atoms with van der Waals surface area (Å²) in [4.78, 5) is 29.5. The van der Waals surface area contributed by atoms with E-state index >= 15 is 4.11 Å². The first-order valence-corrected chi connectivity index (χ1v) is 21.5. The van der Waals surface area contributed by atoms with Crippen LogP contribution >= 0.6 is 11.6 Å². The monoisotopic (exact) mass is 744 g/mol. The van der Waals surface area contributed by atoms with Crippen molar-refractivity contribution in [1.82, 2.24) is 20.3 Å². The molecule has 10 nitrogen and oxygen atoms in total. The van der Waals surface area contributed by atoms with Crippen molar-refractivity contribution in [3.63, 3.8) is 0 Å². The molecule has 4 heterocycles. The van der Waals surface area contributed by atoms with Gasteiger partial charge in [-0.25, -0.2) is 0 Å². The second-order valence-corrected chi connectivity index (χ2v) is 19.1. The van der Waals surface area contributed by atoms with Crippen molar-refractivity contribution < 1.29 is 23.5 Å². The molecule has 1 spiro atoms. The highest BCUT2D eigenvalue weighted by Crippen LogP contribution is 2.60. The van der Waals surface area contributed by atoms with Gasteiger partial charge in [0.05, 0.1) is 42.5 Å². The maximum absolute atomic E-state index is 16.4. The summed E-state index contributed by atoms with van der Waals surface area (Å²) < 4.78 is 25.0. The van der Waals surface area contributed by atoms with Gasteiger partial charge in [-0.15, -0.1) is 5.10 Å².